The van der Waals surface area contributed by atoms with Crippen molar-refractivity contribution >= 4 is 17.2 Å². The zero-order valence-corrected chi connectivity index (χ0v) is 23.1. The average Bonchev–Trinajstić information content (AvgIpc) is 3.53. The molecule has 5 rings (SSSR count). The Hall–Kier alpha value is -2.90. The third-order valence-electron chi connectivity index (χ3n) is 7.27. The van der Waals surface area contributed by atoms with Crippen LogP contribution in [-0.4, -0.2) is 40.6 Å². The standard InChI is InChI=1S/C30H37N3O3S/c1-21-11-13-33(14-12-21)29(34)25-19-37-28(31-25)18-32(16-22-5-8-24(9-6-22)30(2,3)4)17-23-7-10-26-27(15-23)36-20-35-26/h5-10,15,19,21H,11-14,16-18,20H2,1-4H3. The summed E-state index contributed by atoms with van der Waals surface area (Å²) in [6, 6.07) is 15.0. The molecule has 1 fully saturated rings. The van der Waals surface area contributed by atoms with Gasteiger partial charge in [0.25, 0.3) is 5.91 Å². The summed E-state index contributed by atoms with van der Waals surface area (Å²) >= 11 is 1.57. The van der Waals surface area contributed by atoms with E-state index in [1.54, 1.807) is 11.3 Å². The van der Waals surface area contributed by atoms with Gasteiger partial charge < -0.3 is 14.4 Å². The van der Waals surface area contributed by atoms with Crippen LogP contribution >= 0.6 is 11.3 Å². The first kappa shape index (κ1) is 25.7. The van der Waals surface area contributed by atoms with Gasteiger partial charge in [0, 0.05) is 31.6 Å². The number of fused-ring (bicyclic) bond motifs is 1. The van der Waals surface area contributed by atoms with Gasteiger partial charge in [-0.05, 0) is 53.0 Å². The Labute approximate surface area is 224 Å². The van der Waals surface area contributed by atoms with Crippen molar-refractivity contribution in [1.29, 1.82) is 0 Å². The molecule has 7 heteroatoms. The van der Waals surface area contributed by atoms with Crippen LogP contribution < -0.4 is 9.47 Å². The Bertz CT molecular complexity index is 1220. The highest BCUT2D eigenvalue weighted by atomic mass is 32.1. The molecule has 2 aromatic carbocycles. The second-order valence-corrected chi connectivity index (χ2v) is 12.3. The summed E-state index contributed by atoms with van der Waals surface area (Å²) in [7, 11) is 0. The molecule has 0 unspecified atom stereocenters. The Balaban J connectivity index is 1.32. The predicted molar refractivity (Wildman–Crippen MR) is 147 cm³/mol. The number of piperidine rings is 1. The molecular weight excluding hydrogens is 482 g/mol. The number of thiazole rings is 1. The van der Waals surface area contributed by atoms with Gasteiger partial charge in [0.2, 0.25) is 6.79 Å². The lowest BCUT2D eigenvalue weighted by Crippen LogP contribution is -2.38. The lowest BCUT2D eigenvalue weighted by atomic mass is 9.87. The Morgan fingerprint density at radius 1 is 1.00 bits per heavy atom. The summed E-state index contributed by atoms with van der Waals surface area (Å²) < 4.78 is 11.1. The molecule has 0 spiro atoms. The molecule has 0 bridgehead atoms. The van der Waals surface area contributed by atoms with E-state index >= 15 is 0 Å². The van der Waals surface area contributed by atoms with E-state index in [4.69, 9.17) is 14.5 Å². The van der Waals surface area contributed by atoms with Crippen molar-refractivity contribution < 1.29 is 14.3 Å². The van der Waals surface area contributed by atoms with E-state index in [2.05, 4.69) is 69.0 Å². The number of hydrogen-bond acceptors (Lipinski definition) is 6. The van der Waals surface area contributed by atoms with Crippen molar-refractivity contribution in [1.82, 2.24) is 14.8 Å². The molecule has 196 valence electrons. The van der Waals surface area contributed by atoms with Crippen LogP contribution in [0.5, 0.6) is 11.5 Å². The van der Waals surface area contributed by atoms with E-state index < -0.39 is 0 Å². The third kappa shape index (κ3) is 6.33. The first-order chi connectivity index (χ1) is 17.7. The summed E-state index contributed by atoms with van der Waals surface area (Å²) in [5, 5.41) is 2.88. The number of carbonyl (C=O) groups excluding carboxylic acids is 1. The predicted octanol–water partition coefficient (Wildman–Crippen LogP) is 6.24. The fraction of sp³-hybridized carbons (Fsp3) is 0.467. The first-order valence-corrected chi connectivity index (χ1v) is 14.1. The van der Waals surface area contributed by atoms with E-state index in [9.17, 15) is 4.79 Å². The Morgan fingerprint density at radius 2 is 1.68 bits per heavy atom. The highest BCUT2D eigenvalue weighted by Crippen LogP contribution is 2.33. The van der Waals surface area contributed by atoms with Gasteiger partial charge in [0.15, 0.2) is 11.5 Å². The molecule has 1 saturated heterocycles. The normalized spacial score (nSPS) is 16.0. The summed E-state index contributed by atoms with van der Waals surface area (Å²) in [5.41, 5.74) is 4.44. The van der Waals surface area contributed by atoms with Crippen LogP contribution in [0.25, 0.3) is 0 Å². The van der Waals surface area contributed by atoms with Gasteiger partial charge in [-0.2, -0.15) is 0 Å². The number of aromatic nitrogens is 1. The number of nitrogens with zero attached hydrogens (tertiary/aromatic N) is 3. The van der Waals surface area contributed by atoms with E-state index in [0.29, 0.717) is 18.2 Å². The van der Waals surface area contributed by atoms with Crippen molar-refractivity contribution in [2.45, 2.75) is 65.6 Å². The number of amides is 1. The summed E-state index contributed by atoms with van der Waals surface area (Å²) in [6.07, 6.45) is 2.14. The minimum absolute atomic E-state index is 0.0643. The molecule has 37 heavy (non-hydrogen) atoms. The molecule has 3 aromatic rings. The number of rotatable bonds is 7. The number of likely N-dealkylation sites (tertiary alicyclic amines) is 1. The molecule has 0 aliphatic carbocycles. The van der Waals surface area contributed by atoms with E-state index in [-0.39, 0.29) is 18.1 Å². The zero-order chi connectivity index (χ0) is 26.0. The molecular formula is C30H37N3O3S. The highest BCUT2D eigenvalue weighted by molar-refractivity contribution is 7.09. The van der Waals surface area contributed by atoms with Gasteiger partial charge in [0.05, 0.1) is 6.54 Å². The molecule has 2 aliphatic rings. The first-order valence-electron chi connectivity index (χ1n) is 13.2. The van der Waals surface area contributed by atoms with Crippen LogP contribution in [0.4, 0.5) is 0 Å². The minimum atomic E-state index is 0.0643. The highest BCUT2D eigenvalue weighted by Gasteiger charge is 2.24. The van der Waals surface area contributed by atoms with E-state index in [1.165, 1.54) is 11.1 Å². The van der Waals surface area contributed by atoms with E-state index in [0.717, 1.165) is 61.1 Å². The van der Waals surface area contributed by atoms with Crippen molar-refractivity contribution in [3.8, 4) is 11.5 Å². The van der Waals surface area contributed by atoms with Crippen molar-refractivity contribution in [2.24, 2.45) is 5.92 Å². The van der Waals surface area contributed by atoms with Gasteiger partial charge in [-0.25, -0.2) is 4.98 Å². The molecule has 2 aliphatic heterocycles. The van der Waals surface area contributed by atoms with E-state index in [1.807, 2.05) is 16.3 Å². The third-order valence-corrected chi connectivity index (χ3v) is 8.10. The second-order valence-electron chi connectivity index (χ2n) is 11.4. The van der Waals surface area contributed by atoms with Gasteiger partial charge in [0.1, 0.15) is 10.7 Å². The molecule has 0 N–H and O–H groups in total. The molecule has 6 nitrogen and oxygen atoms in total. The molecule has 0 radical (unpaired) electrons. The number of carbonyl (C=O) groups is 1. The smallest absolute Gasteiger partial charge is 0.273 e. The Morgan fingerprint density at radius 3 is 2.41 bits per heavy atom. The van der Waals surface area contributed by atoms with Crippen molar-refractivity contribution in [3.63, 3.8) is 0 Å². The molecule has 0 saturated carbocycles. The molecule has 3 heterocycles. The monoisotopic (exact) mass is 519 g/mol. The molecule has 1 aromatic heterocycles. The van der Waals surface area contributed by atoms with Crippen LogP contribution in [0, 0.1) is 5.92 Å². The van der Waals surface area contributed by atoms with Gasteiger partial charge in [-0.1, -0.05) is 58.0 Å². The summed E-state index contributed by atoms with van der Waals surface area (Å²) in [4.78, 5) is 22.1. The Kier molecular flexibility index (Phi) is 7.54. The summed E-state index contributed by atoms with van der Waals surface area (Å²) in [6.45, 7) is 13.1. The van der Waals surface area contributed by atoms with Gasteiger partial charge in [-0.3, -0.25) is 9.69 Å². The largest absolute Gasteiger partial charge is 0.454 e. The fourth-order valence-electron chi connectivity index (χ4n) is 4.88. The number of ether oxygens (including phenoxy) is 2. The second kappa shape index (κ2) is 10.8. The number of hydrogen-bond donors (Lipinski definition) is 0. The quantitative estimate of drug-likeness (QED) is 0.370. The fourth-order valence-corrected chi connectivity index (χ4v) is 5.69. The average molecular weight is 520 g/mol. The zero-order valence-electron chi connectivity index (χ0n) is 22.3. The van der Waals surface area contributed by atoms with Crippen LogP contribution in [0.2, 0.25) is 0 Å². The maximum Gasteiger partial charge on any atom is 0.273 e. The van der Waals surface area contributed by atoms with Gasteiger partial charge >= 0.3 is 0 Å². The maximum atomic E-state index is 13.0. The van der Waals surface area contributed by atoms with Crippen LogP contribution in [-0.2, 0) is 25.0 Å². The number of benzene rings is 2. The summed E-state index contributed by atoms with van der Waals surface area (Å²) in [5.74, 6) is 2.35. The van der Waals surface area contributed by atoms with Crippen molar-refractivity contribution in [3.05, 3.63) is 75.2 Å². The van der Waals surface area contributed by atoms with Gasteiger partial charge in [-0.15, -0.1) is 11.3 Å². The van der Waals surface area contributed by atoms with Crippen LogP contribution in [0.3, 0.4) is 0 Å². The lowest BCUT2D eigenvalue weighted by molar-refractivity contribution is 0.0691. The van der Waals surface area contributed by atoms with Crippen LogP contribution in [0.15, 0.2) is 47.8 Å². The van der Waals surface area contributed by atoms with Crippen LogP contribution in [0.1, 0.15) is 72.7 Å². The lowest BCUT2D eigenvalue weighted by Gasteiger charge is -2.29. The maximum absolute atomic E-state index is 13.0. The van der Waals surface area contributed by atoms with Crippen molar-refractivity contribution in [2.75, 3.05) is 19.9 Å². The molecule has 1 amide bonds. The SMILES string of the molecule is CC1CCN(C(=O)c2csc(CN(Cc3ccc(C(C)(C)C)cc3)Cc3ccc4c(c3)OCO4)n2)CC1. The minimum Gasteiger partial charge on any atom is -0.454 e. The molecule has 0 atom stereocenters. The topological polar surface area (TPSA) is 54.9 Å².